The van der Waals surface area contributed by atoms with Gasteiger partial charge in [0.2, 0.25) is 5.91 Å². The Hall–Kier alpha value is -2.95. The quantitative estimate of drug-likeness (QED) is 0.238. The standard InChI is InChI=1S/C37H56N2O8/c1-12-29-37(11,43)33-23(3)30(38-26(6)40)22(2)18-36(10,32(35(7,8)9)24(4)31(41)25(5)34(42)47-29)45-21-28(20-44-33)39-46-19-27-16-14-13-15-17-27/h13-17,22-25,29,32-33,43H,12,18-21H2,1-11H3/b38-30+,39-28+/t22-,23+,24+,25-,29-,32+,33-,36-,37-/m1/s1. The Balaban J connectivity index is 2.31. The van der Waals surface area contributed by atoms with Crippen LogP contribution in [0.25, 0.3) is 0 Å². The van der Waals surface area contributed by atoms with E-state index in [1.54, 1.807) is 20.8 Å². The van der Waals surface area contributed by atoms with Crippen LogP contribution in [0.2, 0.25) is 0 Å². The third-order valence-electron chi connectivity index (χ3n) is 9.87. The Bertz CT molecular complexity index is 1320. The van der Waals surface area contributed by atoms with E-state index in [9.17, 15) is 19.5 Å². The van der Waals surface area contributed by atoms with Crippen molar-refractivity contribution in [2.75, 3.05) is 13.2 Å². The van der Waals surface area contributed by atoms with E-state index in [1.165, 1.54) is 6.92 Å². The van der Waals surface area contributed by atoms with Crippen LogP contribution in [0.3, 0.4) is 0 Å². The van der Waals surface area contributed by atoms with Crippen LogP contribution < -0.4 is 0 Å². The van der Waals surface area contributed by atoms with Crippen molar-refractivity contribution in [3.8, 4) is 0 Å². The van der Waals surface area contributed by atoms with E-state index in [4.69, 9.17) is 19.0 Å². The second kappa shape index (κ2) is 15.5. The van der Waals surface area contributed by atoms with E-state index in [2.05, 4.69) is 30.9 Å². The first-order valence-electron chi connectivity index (χ1n) is 16.9. The van der Waals surface area contributed by atoms with Crippen molar-refractivity contribution < 1.29 is 38.5 Å². The Morgan fingerprint density at radius 3 is 2.26 bits per heavy atom. The molecule has 0 spiro atoms. The number of amides is 1. The van der Waals surface area contributed by atoms with Crippen molar-refractivity contribution in [1.29, 1.82) is 0 Å². The summed E-state index contributed by atoms with van der Waals surface area (Å²) in [6.07, 6.45) is -1.37. The maximum atomic E-state index is 14.1. The van der Waals surface area contributed by atoms with Crippen LogP contribution in [0.5, 0.6) is 0 Å². The number of aliphatic hydroxyl groups is 1. The molecule has 1 aromatic rings. The lowest BCUT2D eigenvalue weighted by Gasteiger charge is -2.49. The van der Waals surface area contributed by atoms with Gasteiger partial charge in [-0.25, -0.2) is 4.99 Å². The number of nitrogens with zero attached hydrogens (tertiary/aromatic N) is 2. The molecule has 10 heteroatoms. The summed E-state index contributed by atoms with van der Waals surface area (Å²) in [5.74, 6) is -4.32. The van der Waals surface area contributed by atoms with E-state index >= 15 is 0 Å². The number of hydrogen-bond donors (Lipinski definition) is 1. The molecule has 3 rings (SSSR count). The molecule has 2 bridgehead atoms. The number of aliphatic imine (C=N–C) groups is 1. The molecule has 2 aliphatic rings. The summed E-state index contributed by atoms with van der Waals surface area (Å²) in [6.45, 7) is 20.4. The topological polar surface area (TPSA) is 133 Å². The lowest BCUT2D eigenvalue weighted by molar-refractivity contribution is -0.192. The van der Waals surface area contributed by atoms with Gasteiger partial charge in [0.15, 0.2) is 0 Å². The zero-order chi connectivity index (χ0) is 35.3. The normalized spacial score (nSPS) is 36.6. The summed E-state index contributed by atoms with van der Waals surface area (Å²) in [7, 11) is 0. The van der Waals surface area contributed by atoms with Crippen molar-refractivity contribution >= 4 is 29.1 Å². The van der Waals surface area contributed by atoms with Crippen LogP contribution in [0.1, 0.15) is 94.6 Å². The SMILES string of the molecule is CC[C@H]1OC(=O)[C@H](C)C(=O)[C@H](C)[C@@H](C(C)(C)C)[C@@]2(C)C[C@@H](C)/C(=N\C(C)=O)[C@H](C)[C@@H](OC/C(=N\OCc3ccccc3)CO2)[C@]1(C)O. The molecule has 1 amide bonds. The van der Waals surface area contributed by atoms with Crippen LogP contribution in [0, 0.1) is 35.0 Å². The number of ether oxygens (including phenoxy) is 3. The third kappa shape index (κ3) is 9.15. The van der Waals surface area contributed by atoms with Gasteiger partial charge in [-0.1, -0.05) is 84.0 Å². The van der Waals surface area contributed by atoms with Gasteiger partial charge >= 0.3 is 5.97 Å². The number of rotatable bonds is 4. The minimum Gasteiger partial charge on any atom is -0.459 e. The van der Waals surface area contributed by atoms with Gasteiger partial charge in [-0.05, 0) is 50.5 Å². The molecule has 0 radical (unpaired) electrons. The van der Waals surface area contributed by atoms with Crippen molar-refractivity contribution in [2.24, 2.45) is 45.2 Å². The fourth-order valence-corrected chi connectivity index (χ4v) is 8.02. The lowest BCUT2D eigenvalue weighted by Crippen LogP contribution is -2.58. The van der Waals surface area contributed by atoms with Gasteiger partial charge in [0, 0.05) is 30.4 Å². The molecule has 0 aromatic heterocycles. The summed E-state index contributed by atoms with van der Waals surface area (Å²) >= 11 is 0. The second-order valence-corrected chi connectivity index (χ2v) is 15.0. The molecular weight excluding hydrogens is 600 g/mol. The van der Waals surface area contributed by atoms with Gasteiger partial charge < -0.3 is 24.2 Å². The van der Waals surface area contributed by atoms with E-state index in [1.807, 2.05) is 58.0 Å². The van der Waals surface area contributed by atoms with E-state index < -0.39 is 52.5 Å². The molecule has 2 aliphatic heterocycles. The van der Waals surface area contributed by atoms with Gasteiger partial charge in [0.1, 0.15) is 35.7 Å². The molecule has 10 nitrogen and oxygen atoms in total. The van der Waals surface area contributed by atoms with Crippen molar-refractivity contribution in [3.05, 3.63) is 35.9 Å². The highest BCUT2D eigenvalue weighted by molar-refractivity contribution is 6.00. The fraction of sp³-hybridized carbons (Fsp3) is 0.703. The molecule has 0 saturated carbocycles. The average molecular weight is 657 g/mol. The van der Waals surface area contributed by atoms with E-state index in [0.717, 1.165) is 5.56 Å². The second-order valence-electron chi connectivity index (χ2n) is 15.0. The third-order valence-corrected chi connectivity index (χ3v) is 9.87. The van der Waals surface area contributed by atoms with Gasteiger partial charge in [-0.2, -0.15) is 0 Å². The number of hydrogen-bond acceptors (Lipinski definition) is 9. The number of Topliss-reactive ketones (excluding diaryl/α,β-unsaturated/α-hetero) is 1. The van der Waals surface area contributed by atoms with Crippen molar-refractivity contribution in [2.45, 2.75) is 119 Å². The van der Waals surface area contributed by atoms with Crippen molar-refractivity contribution in [3.63, 3.8) is 0 Å². The molecule has 9 atom stereocenters. The minimum atomic E-state index is -1.75. The first kappa shape index (κ1) is 38.5. The van der Waals surface area contributed by atoms with Crippen LogP contribution >= 0.6 is 0 Å². The Kier molecular flexibility index (Phi) is 12.7. The Morgan fingerprint density at radius 2 is 1.68 bits per heavy atom. The number of carbonyl (C=O) groups is 3. The van der Waals surface area contributed by atoms with E-state index in [0.29, 0.717) is 17.8 Å². The smallest absolute Gasteiger partial charge is 0.316 e. The van der Waals surface area contributed by atoms with Gasteiger partial charge in [-0.15, -0.1) is 0 Å². The first-order valence-corrected chi connectivity index (χ1v) is 16.9. The lowest BCUT2D eigenvalue weighted by atomic mass is 9.61. The number of carbonyl (C=O) groups excluding carboxylic acids is 3. The molecule has 1 N–H and O–H groups in total. The predicted molar refractivity (Wildman–Crippen MR) is 181 cm³/mol. The molecular formula is C37H56N2O8. The monoisotopic (exact) mass is 656 g/mol. The number of oxime groups is 1. The molecule has 2 saturated heterocycles. The highest BCUT2D eigenvalue weighted by Crippen LogP contribution is 2.47. The van der Waals surface area contributed by atoms with Crippen LogP contribution in [-0.2, 0) is 40.0 Å². The van der Waals surface area contributed by atoms with Gasteiger partial charge in [0.25, 0.3) is 0 Å². The summed E-state index contributed by atoms with van der Waals surface area (Å²) in [5.41, 5.74) is -1.25. The summed E-state index contributed by atoms with van der Waals surface area (Å²) < 4.78 is 19.3. The highest BCUT2D eigenvalue weighted by Gasteiger charge is 2.53. The number of cyclic esters (lactones) is 1. The molecule has 0 unspecified atom stereocenters. The fourth-order valence-electron chi connectivity index (χ4n) is 8.02. The minimum absolute atomic E-state index is 0.0239. The number of fused-ring (bicyclic) bond motifs is 5. The summed E-state index contributed by atoms with van der Waals surface area (Å²) in [5, 5.41) is 16.7. The number of ketones is 1. The Morgan fingerprint density at radius 1 is 1.04 bits per heavy atom. The number of benzene rings is 1. The van der Waals surface area contributed by atoms with Crippen LogP contribution in [0.4, 0.5) is 0 Å². The average Bonchev–Trinajstić information content (AvgIpc) is 3.00. The van der Waals surface area contributed by atoms with Crippen LogP contribution in [-0.4, -0.2) is 70.8 Å². The van der Waals surface area contributed by atoms with Gasteiger partial charge in [0.05, 0.1) is 24.9 Å². The molecule has 2 heterocycles. The zero-order valence-electron chi connectivity index (χ0n) is 30.2. The molecule has 0 aliphatic carbocycles. The summed E-state index contributed by atoms with van der Waals surface area (Å²) in [6, 6.07) is 9.65. The largest absolute Gasteiger partial charge is 0.459 e. The highest BCUT2D eigenvalue weighted by atomic mass is 16.6. The predicted octanol–water partition coefficient (Wildman–Crippen LogP) is 5.97. The van der Waals surface area contributed by atoms with E-state index in [-0.39, 0.29) is 49.8 Å². The Labute approximate surface area is 280 Å². The van der Waals surface area contributed by atoms with Gasteiger partial charge in [-0.3, -0.25) is 14.4 Å². The van der Waals surface area contributed by atoms with Crippen LogP contribution in [0.15, 0.2) is 40.5 Å². The maximum absolute atomic E-state index is 14.1. The molecule has 47 heavy (non-hydrogen) atoms. The number of esters is 1. The molecule has 2 fully saturated rings. The van der Waals surface area contributed by atoms with Crippen molar-refractivity contribution in [1.82, 2.24) is 0 Å². The molecule has 1 aromatic carbocycles. The molecule has 262 valence electrons. The summed E-state index contributed by atoms with van der Waals surface area (Å²) in [4.78, 5) is 50.5. The zero-order valence-corrected chi connectivity index (χ0v) is 30.2. The first-order chi connectivity index (χ1) is 21.8. The maximum Gasteiger partial charge on any atom is 0.316 e.